The highest BCUT2D eigenvalue weighted by atomic mass is 32.2. The monoisotopic (exact) mass is 214 g/mol. The number of hydrogen-bond acceptors (Lipinski definition) is 4. The SMILES string of the molecule is Cc1c(C#N)c(NS(C)(=O)=O)nn1C. The summed E-state index contributed by atoms with van der Waals surface area (Å²) in [5, 5.41) is 12.6. The van der Waals surface area contributed by atoms with Crippen LogP contribution in [0.3, 0.4) is 0 Å². The van der Waals surface area contributed by atoms with Crippen LogP contribution in [0.15, 0.2) is 0 Å². The highest BCUT2D eigenvalue weighted by Gasteiger charge is 2.15. The topological polar surface area (TPSA) is 87.8 Å². The molecule has 0 aliphatic carbocycles. The Balaban J connectivity index is 3.24. The molecule has 0 saturated heterocycles. The van der Waals surface area contributed by atoms with Crippen molar-refractivity contribution in [3.05, 3.63) is 11.3 Å². The Morgan fingerprint density at radius 1 is 1.57 bits per heavy atom. The van der Waals surface area contributed by atoms with E-state index in [0.717, 1.165) is 6.26 Å². The maximum absolute atomic E-state index is 10.9. The molecule has 1 heterocycles. The molecule has 1 aromatic heterocycles. The first-order valence-corrected chi connectivity index (χ1v) is 5.66. The number of sulfonamides is 1. The summed E-state index contributed by atoms with van der Waals surface area (Å²) in [4.78, 5) is 0. The van der Waals surface area contributed by atoms with Gasteiger partial charge >= 0.3 is 0 Å². The zero-order valence-corrected chi connectivity index (χ0v) is 8.88. The zero-order valence-electron chi connectivity index (χ0n) is 8.07. The summed E-state index contributed by atoms with van der Waals surface area (Å²) >= 11 is 0. The molecule has 1 aromatic rings. The molecule has 6 nitrogen and oxygen atoms in total. The standard InChI is InChI=1S/C7H10N4O2S/c1-5-6(4-8)7(9-11(5)2)10-14(3,12)13/h1-3H3,(H,9,10). The normalized spacial score (nSPS) is 11.0. The Kier molecular flexibility index (Phi) is 2.49. The number of nitriles is 1. The van der Waals surface area contributed by atoms with Crippen molar-refractivity contribution in [3.63, 3.8) is 0 Å². The molecule has 76 valence electrons. The lowest BCUT2D eigenvalue weighted by Crippen LogP contribution is -2.11. The largest absolute Gasteiger partial charge is 0.269 e. The van der Waals surface area contributed by atoms with Gasteiger partial charge in [-0.15, -0.1) is 0 Å². The van der Waals surface area contributed by atoms with Crippen molar-refractivity contribution in [3.8, 4) is 6.07 Å². The van der Waals surface area contributed by atoms with Crippen LogP contribution < -0.4 is 4.72 Å². The number of rotatable bonds is 2. The molecule has 1 N–H and O–H groups in total. The van der Waals surface area contributed by atoms with Crippen LogP contribution in [0.4, 0.5) is 5.82 Å². The van der Waals surface area contributed by atoms with Crippen LogP contribution in [0.2, 0.25) is 0 Å². The average molecular weight is 214 g/mol. The lowest BCUT2D eigenvalue weighted by molar-refractivity contribution is 0.606. The van der Waals surface area contributed by atoms with Gasteiger partial charge in [0.05, 0.1) is 11.9 Å². The second-order valence-electron chi connectivity index (χ2n) is 2.92. The smallest absolute Gasteiger partial charge is 0.231 e. The van der Waals surface area contributed by atoms with E-state index in [2.05, 4.69) is 9.82 Å². The molecule has 0 aromatic carbocycles. The summed E-state index contributed by atoms with van der Waals surface area (Å²) in [5.41, 5.74) is 0.872. The molecule has 0 aliphatic rings. The fraction of sp³-hybridized carbons (Fsp3) is 0.429. The third-order valence-electron chi connectivity index (χ3n) is 1.73. The molecule has 0 spiro atoms. The van der Waals surface area contributed by atoms with Crippen molar-refractivity contribution in [2.24, 2.45) is 7.05 Å². The van der Waals surface area contributed by atoms with Crippen molar-refractivity contribution in [2.75, 3.05) is 11.0 Å². The van der Waals surface area contributed by atoms with Gasteiger partial charge in [0, 0.05) is 7.05 Å². The number of hydrogen-bond donors (Lipinski definition) is 1. The number of nitrogens with one attached hydrogen (secondary N) is 1. The van der Waals surface area contributed by atoms with E-state index in [0.29, 0.717) is 5.69 Å². The summed E-state index contributed by atoms with van der Waals surface area (Å²) in [6.07, 6.45) is 1.01. The van der Waals surface area contributed by atoms with E-state index in [4.69, 9.17) is 5.26 Å². The summed E-state index contributed by atoms with van der Waals surface area (Å²) in [7, 11) is -1.75. The first kappa shape index (κ1) is 10.5. The van der Waals surface area contributed by atoms with Gasteiger partial charge in [-0.05, 0) is 6.92 Å². The second-order valence-corrected chi connectivity index (χ2v) is 4.67. The first-order valence-electron chi connectivity index (χ1n) is 3.76. The lowest BCUT2D eigenvalue weighted by Gasteiger charge is -1.97. The van der Waals surface area contributed by atoms with Crippen molar-refractivity contribution in [2.45, 2.75) is 6.92 Å². The van der Waals surface area contributed by atoms with Crippen molar-refractivity contribution in [1.82, 2.24) is 9.78 Å². The van der Waals surface area contributed by atoms with Gasteiger partial charge < -0.3 is 0 Å². The fourth-order valence-corrected chi connectivity index (χ4v) is 1.48. The van der Waals surface area contributed by atoms with Crippen LogP contribution in [-0.2, 0) is 17.1 Å². The molecule has 0 saturated carbocycles. The zero-order chi connectivity index (χ0) is 10.9. The Bertz CT molecular complexity index is 494. The Morgan fingerprint density at radius 3 is 2.57 bits per heavy atom. The minimum atomic E-state index is -3.39. The van der Waals surface area contributed by atoms with Gasteiger partial charge in [-0.3, -0.25) is 9.40 Å². The molecule has 0 unspecified atom stereocenters. The second kappa shape index (κ2) is 3.31. The average Bonchev–Trinajstić information content (AvgIpc) is 2.24. The third kappa shape index (κ3) is 2.03. The third-order valence-corrected chi connectivity index (χ3v) is 2.29. The van der Waals surface area contributed by atoms with Crippen molar-refractivity contribution in [1.29, 1.82) is 5.26 Å². The molecular weight excluding hydrogens is 204 g/mol. The molecule has 0 fully saturated rings. The predicted molar refractivity (Wildman–Crippen MR) is 51.1 cm³/mol. The molecule has 0 atom stereocenters. The molecule has 7 heteroatoms. The Morgan fingerprint density at radius 2 is 2.14 bits per heavy atom. The van der Waals surface area contributed by atoms with Crippen LogP contribution in [0, 0.1) is 18.3 Å². The van der Waals surface area contributed by atoms with E-state index in [-0.39, 0.29) is 11.4 Å². The maximum Gasteiger partial charge on any atom is 0.231 e. The summed E-state index contributed by atoms with van der Waals surface area (Å²) in [5.74, 6) is 0.0787. The van der Waals surface area contributed by atoms with Crippen LogP contribution in [-0.4, -0.2) is 24.5 Å². The minimum Gasteiger partial charge on any atom is -0.269 e. The molecule has 0 aliphatic heterocycles. The van der Waals surface area contributed by atoms with E-state index in [1.807, 2.05) is 6.07 Å². The number of aryl methyl sites for hydroxylation is 1. The van der Waals surface area contributed by atoms with Gasteiger partial charge in [-0.1, -0.05) is 0 Å². The van der Waals surface area contributed by atoms with E-state index >= 15 is 0 Å². The number of aromatic nitrogens is 2. The molecular formula is C7H10N4O2S. The molecule has 0 amide bonds. The van der Waals surface area contributed by atoms with Crippen molar-refractivity contribution >= 4 is 15.8 Å². The van der Waals surface area contributed by atoms with Gasteiger partial charge in [-0.2, -0.15) is 10.4 Å². The van der Waals surface area contributed by atoms with Gasteiger partial charge in [-0.25, -0.2) is 8.42 Å². The predicted octanol–water partition coefficient (Wildman–Crippen LogP) is -0.0283. The first-order chi connectivity index (χ1) is 6.35. The van der Waals surface area contributed by atoms with Gasteiger partial charge in [0.1, 0.15) is 11.6 Å². The summed E-state index contributed by atoms with van der Waals surface area (Å²) in [6, 6.07) is 1.90. The highest BCUT2D eigenvalue weighted by Crippen LogP contribution is 2.17. The highest BCUT2D eigenvalue weighted by molar-refractivity contribution is 7.92. The van der Waals surface area contributed by atoms with Crippen LogP contribution in [0.25, 0.3) is 0 Å². The fourth-order valence-electron chi connectivity index (χ4n) is 0.989. The van der Waals surface area contributed by atoms with E-state index < -0.39 is 10.0 Å². The number of nitrogens with zero attached hydrogens (tertiary/aromatic N) is 3. The summed E-state index contributed by atoms with van der Waals surface area (Å²) in [6.45, 7) is 1.69. The van der Waals surface area contributed by atoms with Gasteiger partial charge in [0.2, 0.25) is 10.0 Å². The molecule has 1 rings (SSSR count). The maximum atomic E-state index is 10.9. The Hall–Kier alpha value is -1.55. The van der Waals surface area contributed by atoms with Gasteiger partial charge in [0.15, 0.2) is 5.82 Å². The lowest BCUT2D eigenvalue weighted by atomic mass is 10.3. The van der Waals surface area contributed by atoms with Crippen LogP contribution >= 0.6 is 0 Å². The molecule has 14 heavy (non-hydrogen) atoms. The van der Waals surface area contributed by atoms with Crippen LogP contribution in [0.1, 0.15) is 11.3 Å². The minimum absolute atomic E-state index is 0.0787. The quantitative estimate of drug-likeness (QED) is 0.748. The van der Waals surface area contributed by atoms with E-state index in [9.17, 15) is 8.42 Å². The van der Waals surface area contributed by atoms with Crippen LogP contribution in [0.5, 0.6) is 0 Å². The van der Waals surface area contributed by atoms with Gasteiger partial charge in [0.25, 0.3) is 0 Å². The number of anilines is 1. The van der Waals surface area contributed by atoms with Crippen molar-refractivity contribution < 1.29 is 8.42 Å². The Labute approximate surface area is 82.2 Å². The molecule has 0 bridgehead atoms. The molecule has 0 radical (unpaired) electrons. The van der Waals surface area contributed by atoms with E-state index in [1.165, 1.54) is 4.68 Å². The van der Waals surface area contributed by atoms with E-state index in [1.54, 1.807) is 14.0 Å². The summed E-state index contributed by atoms with van der Waals surface area (Å²) < 4.78 is 25.5.